The molecule has 0 aromatic carbocycles. The van der Waals surface area contributed by atoms with E-state index >= 15 is 0 Å². The van der Waals surface area contributed by atoms with E-state index in [1.165, 1.54) is 11.3 Å². The van der Waals surface area contributed by atoms with Gasteiger partial charge in [0, 0.05) is 12.6 Å². The minimum Gasteiger partial charge on any atom is -0.481 e. The molecule has 6 heteroatoms. The van der Waals surface area contributed by atoms with Crippen LogP contribution >= 0.6 is 11.3 Å². The van der Waals surface area contributed by atoms with Crippen molar-refractivity contribution in [2.24, 2.45) is 0 Å². The highest BCUT2D eigenvalue weighted by molar-refractivity contribution is 7.11. The van der Waals surface area contributed by atoms with Crippen molar-refractivity contribution in [3.05, 3.63) is 16.1 Å². The van der Waals surface area contributed by atoms with Crippen LogP contribution in [0.4, 0.5) is 0 Å². The highest BCUT2D eigenvalue weighted by Crippen LogP contribution is 2.24. The van der Waals surface area contributed by atoms with Crippen LogP contribution in [0.25, 0.3) is 0 Å². The second-order valence-corrected chi connectivity index (χ2v) is 5.37. The lowest BCUT2D eigenvalue weighted by atomic mass is 9.99. The standard InChI is InChI=1S/C12H16N2O3S/c1-8-11(18-7-13-8)12(17)14-5-3-2-4-9(14)6-10(15)16/h7,9H,2-6H2,1H3,(H,15,16). The third-order valence-corrected chi connectivity index (χ3v) is 4.15. The Balaban J connectivity index is 2.16. The molecule has 1 unspecified atom stereocenters. The monoisotopic (exact) mass is 268 g/mol. The van der Waals surface area contributed by atoms with Gasteiger partial charge in [-0.15, -0.1) is 11.3 Å². The van der Waals surface area contributed by atoms with Crippen molar-refractivity contribution in [3.8, 4) is 0 Å². The number of carbonyl (C=O) groups excluding carboxylic acids is 1. The summed E-state index contributed by atoms with van der Waals surface area (Å²) < 4.78 is 0. The molecular formula is C12H16N2O3S. The number of aromatic nitrogens is 1. The Morgan fingerprint density at radius 1 is 1.56 bits per heavy atom. The molecule has 1 fully saturated rings. The van der Waals surface area contributed by atoms with Gasteiger partial charge >= 0.3 is 5.97 Å². The largest absolute Gasteiger partial charge is 0.481 e. The zero-order valence-electron chi connectivity index (χ0n) is 10.3. The Labute approximate surface area is 109 Å². The molecule has 0 bridgehead atoms. The zero-order valence-corrected chi connectivity index (χ0v) is 11.1. The molecule has 18 heavy (non-hydrogen) atoms. The molecule has 1 amide bonds. The van der Waals surface area contributed by atoms with Crippen molar-refractivity contribution in [1.82, 2.24) is 9.88 Å². The van der Waals surface area contributed by atoms with Crippen molar-refractivity contribution in [3.63, 3.8) is 0 Å². The lowest BCUT2D eigenvalue weighted by Crippen LogP contribution is -2.44. The number of piperidine rings is 1. The van der Waals surface area contributed by atoms with Gasteiger partial charge in [-0.3, -0.25) is 9.59 Å². The molecule has 1 saturated heterocycles. The second-order valence-electron chi connectivity index (χ2n) is 4.51. The minimum absolute atomic E-state index is 0.0313. The molecule has 1 N–H and O–H groups in total. The average Bonchev–Trinajstić information content (AvgIpc) is 2.74. The third-order valence-electron chi connectivity index (χ3n) is 3.24. The highest BCUT2D eigenvalue weighted by atomic mass is 32.1. The highest BCUT2D eigenvalue weighted by Gasteiger charge is 2.30. The Hall–Kier alpha value is -1.43. The molecule has 0 spiro atoms. The number of hydrogen-bond acceptors (Lipinski definition) is 4. The van der Waals surface area contributed by atoms with E-state index in [1.54, 1.807) is 17.3 Å². The van der Waals surface area contributed by atoms with Gasteiger partial charge in [0.25, 0.3) is 5.91 Å². The number of likely N-dealkylation sites (tertiary alicyclic amines) is 1. The number of nitrogens with zero attached hydrogens (tertiary/aromatic N) is 2. The van der Waals surface area contributed by atoms with Crippen LogP contribution in [0.15, 0.2) is 5.51 Å². The summed E-state index contributed by atoms with van der Waals surface area (Å²) in [5.41, 5.74) is 2.38. The summed E-state index contributed by atoms with van der Waals surface area (Å²) in [6, 6.07) is -0.176. The molecule has 1 aromatic heterocycles. The summed E-state index contributed by atoms with van der Waals surface area (Å²) in [7, 11) is 0. The number of carboxylic acid groups (broad SMARTS) is 1. The van der Waals surface area contributed by atoms with E-state index in [4.69, 9.17) is 5.11 Å². The summed E-state index contributed by atoms with van der Waals surface area (Å²) in [5, 5.41) is 8.90. The predicted molar refractivity (Wildman–Crippen MR) is 67.8 cm³/mol. The maximum atomic E-state index is 12.4. The Morgan fingerprint density at radius 2 is 2.33 bits per heavy atom. The lowest BCUT2D eigenvalue weighted by molar-refractivity contribution is -0.138. The van der Waals surface area contributed by atoms with E-state index in [0.29, 0.717) is 11.4 Å². The van der Waals surface area contributed by atoms with Gasteiger partial charge in [0.1, 0.15) is 4.88 Å². The van der Waals surface area contributed by atoms with E-state index in [0.717, 1.165) is 25.0 Å². The van der Waals surface area contributed by atoms with E-state index in [-0.39, 0.29) is 18.4 Å². The number of aliphatic carboxylic acids is 1. The summed E-state index contributed by atoms with van der Waals surface area (Å²) in [6.45, 7) is 2.45. The molecule has 0 saturated carbocycles. The van der Waals surface area contributed by atoms with E-state index < -0.39 is 5.97 Å². The van der Waals surface area contributed by atoms with Gasteiger partial charge in [-0.25, -0.2) is 4.98 Å². The molecule has 0 aliphatic carbocycles. The summed E-state index contributed by atoms with van der Waals surface area (Å²) in [5.74, 6) is -0.915. The van der Waals surface area contributed by atoms with Crippen LogP contribution in [0.1, 0.15) is 41.0 Å². The number of carboxylic acids is 1. The van der Waals surface area contributed by atoms with Gasteiger partial charge in [-0.2, -0.15) is 0 Å². The molecule has 0 radical (unpaired) electrons. The van der Waals surface area contributed by atoms with Gasteiger partial charge in [-0.05, 0) is 26.2 Å². The predicted octanol–water partition coefficient (Wildman–Crippen LogP) is 1.92. The summed E-state index contributed by atoms with van der Waals surface area (Å²) in [6.07, 6.45) is 2.74. The Morgan fingerprint density at radius 3 is 2.94 bits per heavy atom. The summed E-state index contributed by atoms with van der Waals surface area (Å²) >= 11 is 1.32. The Bertz CT molecular complexity index is 458. The Kier molecular flexibility index (Phi) is 3.96. The molecule has 1 aromatic rings. The van der Waals surface area contributed by atoms with E-state index in [9.17, 15) is 9.59 Å². The molecular weight excluding hydrogens is 252 g/mol. The minimum atomic E-state index is -0.847. The number of thiazole rings is 1. The smallest absolute Gasteiger partial charge is 0.305 e. The molecule has 1 aliphatic heterocycles. The van der Waals surface area contributed by atoms with Gasteiger partial charge in [0.15, 0.2) is 0 Å². The average molecular weight is 268 g/mol. The maximum absolute atomic E-state index is 12.4. The molecule has 2 rings (SSSR count). The van der Waals surface area contributed by atoms with Crippen molar-refractivity contribution in [2.45, 2.75) is 38.6 Å². The number of aryl methyl sites for hydroxylation is 1. The van der Waals surface area contributed by atoms with Gasteiger partial charge < -0.3 is 10.0 Å². The zero-order chi connectivity index (χ0) is 13.1. The first-order valence-electron chi connectivity index (χ1n) is 6.02. The fourth-order valence-corrected chi connectivity index (χ4v) is 3.08. The topological polar surface area (TPSA) is 70.5 Å². The third kappa shape index (κ3) is 2.69. The lowest BCUT2D eigenvalue weighted by Gasteiger charge is -2.34. The normalized spacial score (nSPS) is 19.8. The van der Waals surface area contributed by atoms with E-state index in [1.807, 2.05) is 0 Å². The molecule has 5 nitrogen and oxygen atoms in total. The van der Waals surface area contributed by atoms with Crippen molar-refractivity contribution in [1.29, 1.82) is 0 Å². The van der Waals surface area contributed by atoms with E-state index in [2.05, 4.69) is 4.98 Å². The first-order chi connectivity index (χ1) is 8.59. The fourth-order valence-electron chi connectivity index (χ4n) is 2.32. The van der Waals surface area contributed by atoms with Gasteiger partial charge in [-0.1, -0.05) is 0 Å². The van der Waals surface area contributed by atoms with Gasteiger partial charge in [0.2, 0.25) is 0 Å². The van der Waals surface area contributed by atoms with Crippen LogP contribution in [-0.4, -0.2) is 39.5 Å². The molecule has 1 aliphatic rings. The number of hydrogen-bond donors (Lipinski definition) is 1. The van der Waals surface area contributed by atoms with Crippen LogP contribution < -0.4 is 0 Å². The van der Waals surface area contributed by atoms with Crippen LogP contribution in [0.3, 0.4) is 0 Å². The number of amides is 1. The maximum Gasteiger partial charge on any atom is 0.305 e. The number of carbonyl (C=O) groups is 2. The van der Waals surface area contributed by atoms with Crippen LogP contribution in [-0.2, 0) is 4.79 Å². The first-order valence-corrected chi connectivity index (χ1v) is 6.90. The van der Waals surface area contributed by atoms with Crippen molar-refractivity contribution in [2.75, 3.05) is 6.54 Å². The quantitative estimate of drug-likeness (QED) is 0.909. The van der Waals surface area contributed by atoms with Crippen LogP contribution in [0.5, 0.6) is 0 Å². The fraction of sp³-hybridized carbons (Fsp3) is 0.583. The number of rotatable bonds is 3. The molecule has 98 valence electrons. The second kappa shape index (κ2) is 5.48. The van der Waals surface area contributed by atoms with Crippen LogP contribution in [0, 0.1) is 6.92 Å². The van der Waals surface area contributed by atoms with Crippen molar-refractivity contribution >= 4 is 23.2 Å². The first kappa shape index (κ1) is 13.0. The van der Waals surface area contributed by atoms with Crippen LogP contribution in [0.2, 0.25) is 0 Å². The molecule has 2 heterocycles. The SMILES string of the molecule is Cc1ncsc1C(=O)N1CCCCC1CC(=O)O. The van der Waals surface area contributed by atoms with Crippen molar-refractivity contribution < 1.29 is 14.7 Å². The summed E-state index contributed by atoms with van der Waals surface area (Å²) in [4.78, 5) is 29.6. The van der Waals surface area contributed by atoms with Gasteiger partial charge in [0.05, 0.1) is 17.6 Å². The molecule has 1 atom stereocenters.